The molecule has 1 saturated heterocycles. The van der Waals surface area contributed by atoms with Crippen LogP contribution in [0.3, 0.4) is 0 Å². The molecule has 1 N–H and O–H groups in total. The Morgan fingerprint density at radius 1 is 1.00 bits per heavy atom. The van der Waals surface area contributed by atoms with E-state index in [-0.39, 0.29) is 22.6 Å². The molecule has 32 heavy (non-hydrogen) atoms. The predicted molar refractivity (Wildman–Crippen MR) is 115 cm³/mol. The SMILES string of the molecule is O=C(Nc1ccc([C@H]2SCC(=O)N2c2ccc(F)cc2)cc1)c1cccc(C(F)(F)F)c1. The van der Waals surface area contributed by atoms with Gasteiger partial charge in [0.15, 0.2) is 0 Å². The molecule has 0 unspecified atom stereocenters. The quantitative estimate of drug-likeness (QED) is 0.495. The average molecular weight is 460 g/mol. The molecule has 0 saturated carbocycles. The van der Waals surface area contributed by atoms with Crippen LogP contribution < -0.4 is 10.2 Å². The van der Waals surface area contributed by atoms with Crippen LogP contribution in [0.4, 0.5) is 28.9 Å². The van der Waals surface area contributed by atoms with E-state index in [0.29, 0.717) is 11.4 Å². The maximum absolute atomic E-state index is 13.2. The Bertz CT molecular complexity index is 1150. The van der Waals surface area contributed by atoms with Crippen molar-refractivity contribution in [3.8, 4) is 0 Å². The fraction of sp³-hybridized carbons (Fsp3) is 0.130. The maximum Gasteiger partial charge on any atom is 0.416 e. The number of amides is 2. The highest BCUT2D eigenvalue weighted by Crippen LogP contribution is 2.42. The Balaban J connectivity index is 1.50. The molecule has 4 rings (SSSR count). The number of alkyl halides is 3. The van der Waals surface area contributed by atoms with Crippen molar-refractivity contribution >= 4 is 35.0 Å². The third-order valence-corrected chi connectivity index (χ3v) is 6.09. The molecule has 4 nitrogen and oxygen atoms in total. The van der Waals surface area contributed by atoms with Crippen molar-refractivity contribution in [3.05, 3.63) is 95.3 Å². The minimum atomic E-state index is -4.54. The zero-order valence-electron chi connectivity index (χ0n) is 16.4. The molecule has 3 aromatic carbocycles. The molecule has 1 atom stereocenters. The number of anilines is 2. The van der Waals surface area contributed by atoms with Gasteiger partial charge in [0, 0.05) is 16.9 Å². The van der Waals surface area contributed by atoms with Crippen molar-refractivity contribution in [1.29, 1.82) is 0 Å². The molecule has 0 aliphatic carbocycles. The Labute approximate surface area is 185 Å². The zero-order valence-corrected chi connectivity index (χ0v) is 17.2. The van der Waals surface area contributed by atoms with Crippen LogP contribution >= 0.6 is 11.8 Å². The molecule has 1 aliphatic rings. The first-order valence-corrected chi connectivity index (χ1v) is 10.5. The van der Waals surface area contributed by atoms with Gasteiger partial charge in [-0.2, -0.15) is 13.2 Å². The van der Waals surface area contributed by atoms with Gasteiger partial charge < -0.3 is 5.32 Å². The summed E-state index contributed by atoms with van der Waals surface area (Å²) in [7, 11) is 0. The van der Waals surface area contributed by atoms with E-state index in [0.717, 1.165) is 17.7 Å². The number of nitrogens with one attached hydrogen (secondary N) is 1. The number of benzene rings is 3. The van der Waals surface area contributed by atoms with E-state index in [1.165, 1.54) is 48.2 Å². The van der Waals surface area contributed by atoms with E-state index in [1.807, 2.05) is 0 Å². The summed E-state index contributed by atoms with van der Waals surface area (Å²) in [5, 5.41) is 2.26. The van der Waals surface area contributed by atoms with Gasteiger partial charge in [-0.05, 0) is 60.2 Å². The van der Waals surface area contributed by atoms with E-state index >= 15 is 0 Å². The second kappa shape index (κ2) is 8.66. The normalized spacial score (nSPS) is 16.3. The van der Waals surface area contributed by atoms with Gasteiger partial charge >= 0.3 is 6.18 Å². The Kier molecular flexibility index (Phi) is 5.92. The van der Waals surface area contributed by atoms with Crippen LogP contribution in [-0.2, 0) is 11.0 Å². The van der Waals surface area contributed by atoms with Gasteiger partial charge in [-0.3, -0.25) is 14.5 Å². The molecule has 0 radical (unpaired) electrons. The Morgan fingerprint density at radius 2 is 1.69 bits per heavy atom. The van der Waals surface area contributed by atoms with E-state index in [1.54, 1.807) is 29.2 Å². The number of carbonyl (C=O) groups excluding carboxylic acids is 2. The smallest absolute Gasteiger partial charge is 0.322 e. The monoisotopic (exact) mass is 460 g/mol. The van der Waals surface area contributed by atoms with Crippen molar-refractivity contribution in [3.63, 3.8) is 0 Å². The summed E-state index contributed by atoms with van der Waals surface area (Å²) in [4.78, 5) is 26.3. The summed E-state index contributed by atoms with van der Waals surface area (Å²) in [5.41, 5.74) is 0.766. The molecular formula is C23H16F4N2O2S. The summed E-state index contributed by atoms with van der Waals surface area (Å²) < 4.78 is 51.9. The van der Waals surface area contributed by atoms with Crippen LogP contribution in [0.2, 0.25) is 0 Å². The first kappa shape index (κ1) is 21.9. The van der Waals surface area contributed by atoms with E-state index in [4.69, 9.17) is 0 Å². The minimum Gasteiger partial charge on any atom is -0.322 e. The molecule has 0 aromatic heterocycles. The van der Waals surface area contributed by atoms with Crippen LogP contribution in [0.1, 0.15) is 26.9 Å². The van der Waals surface area contributed by atoms with Gasteiger partial charge in [0.25, 0.3) is 5.91 Å². The third-order valence-electron chi connectivity index (χ3n) is 4.88. The highest BCUT2D eigenvalue weighted by molar-refractivity contribution is 8.00. The van der Waals surface area contributed by atoms with Crippen molar-refractivity contribution in [2.75, 3.05) is 16.0 Å². The summed E-state index contributed by atoms with van der Waals surface area (Å²) in [5.74, 6) is -0.892. The second-order valence-corrected chi connectivity index (χ2v) is 8.13. The molecule has 2 amide bonds. The highest BCUT2D eigenvalue weighted by Gasteiger charge is 2.34. The number of hydrogen-bond donors (Lipinski definition) is 1. The van der Waals surface area contributed by atoms with Gasteiger partial charge in [-0.25, -0.2) is 4.39 Å². The summed E-state index contributed by atoms with van der Waals surface area (Å²) in [6.07, 6.45) is -4.54. The van der Waals surface area contributed by atoms with Gasteiger partial charge in [-0.1, -0.05) is 18.2 Å². The molecule has 1 aliphatic heterocycles. The van der Waals surface area contributed by atoms with Gasteiger partial charge in [0.05, 0.1) is 11.3 Å². The van der Waals surface area contributed by atoms with Crippen LogP contribution in [-0.4, -0.2) is 17.6 Å². The molecular weight excluding hydrogens is 444 g/mol. The second-order valence-electron chi connectivity index (χ2n) is 7.06. The molecule has 0 spiro atoms. The fourth-order valence-corrected chi connectivity index (χ4v) is 4.50. The van der Waals surface area contributed by atoms with Crippen LogP contribution in [0.25, 0.3) is 0 Å². The Hall–Kier alpha value is -3.33. The third kappa shape index (κ3) is 4.62. The van der Waals surface area contributed by atoms with Gasteiger partial charge in [-0.15, -0.1) is 11.8 Å². The minimum absolute atomic E-state index is 0.103. The Morgan fingerprint density at radius 3 is 2.34 bits per heavy atom. The first-order chi connectivity index (χ1) is 15.2. The molecule has 1 heterocycles. The van der Waals surface area contributed by atoms with Crippen molar-refractivity contribution in [1.82, 2.24) is 0 Å². The molecule has 9 heteroatoms. The largest absolute Gasteiger partial charge is 0.416 e. The topological polar surface area (TPSA) is 49.4 Å². The lowest BCUT2D eigenvalue weighted by atomic mass is 10.1. The predicted octanol–water partition coefficient (Wildman–Crippen LogP) is 5.88. The maximum atomic E-state index is 13.2. The van der Waals surface area contributed by atoms with Crippen LogP contribution in [0, 0.1) is 5.82 Å². The van der Waals surface area contributed by atoms with E-state index < -0.39 is 23.5 Å². The molecule has 164 valence electrons. The highest BCUT2D eigenvalue weighted by atomic mass is 32.2. The van der Waals surface area contributed by atoms with Crippen molar-refractivity contribution in [2.45, 2.75) is 11.6 Å². The number of nitrogens with zero attached hydrogens (tertiary/aromatic N) is 1. The lowest BCUT2D eigenvalue weighted by Gasteiger charge is -2.24. The van der Waals surface area contributed by atoms with E-state index in [9.17, 15) is 27.2 Å². The van der Waals surface area contributed by atoms with Gasteiger partial charge in [0.2, 0.25) is 5.91 Å². The number of thioether (sulfide) groups is 1. The first-order valence-electron chi connectivity index (χ1n) is 9.50. The van der Waals surface area contributed by atoms with E-state index in [2.05, 4.69) is 5.32 Å². The van der Waals surface area contributed by atoms with Crippen LogP contribution in [0.15, 0.2) is 72.8 Å². The fourth-order valence-electron chi connectivity index (χ4n) is 3.32. The molecule has 3 aromatic rings. The number of hydrogen-bond acceptors (Lipinski definition) is 3. The summed E-state index contributed by atoms with van der Waals surface area (Å²) in [6, 6.07) is 16.5. The summed E-state index contributed by atoms with van der Waals surface area (Å²) >= 11 is 1.42. The number of rotatable bonds is 4. The zero-order chi connectivity index (χ0) is 22.9. The van der Waals surface area contributed by atoms with Gasteiger partial charge in [0.1, 0.15) is 11.2 Å². The number of halogens is 4. The molecule has 0 bridgehead atoms. The lowest BCUT2D eigenvalue weighted by molar-refractivity contribution is -0.137. The average Bonchev–Trinajstić information content (AvgIpc) is 3.16. The van der Waals surface area contributed by atoms with Crippen molar-refractivity contribution in [2.24, 2.45) is 0 Å². The standard InChI is InChI=1S/C23H16F4N2O2S/c24-17-6-10-19(11-7-17)29-20(30)13-32-22(29)14-4-8-18(9-5-14)28-21(31)15-2-1-3-16(12-15)23(25,26)27/h1-12,22H,13H2,(H,28,31)/t22-/m1/s1. The lowest BCUT2D eigenvalue weighted by Crippen LogP contribution is -2.27. The number of carbonyl (C=O) groups is 2. The molecule has 1 fully saturated rings. The van der Waals surface area contributed by atoms with Crippen LogP contribution in [0.5, 0.6) is 0 Å². The summed E-state index contributed by atoms with van der Waals surface area (Å²) in [6.45, 7) is 0. The van der Waals surface area contributed by atoms with Crippen molar-refractivity contribution < 1.29 is 27.2 Å².